The van der Waals surface area contributed by atoms with Crippen LogP contribution in [0.4, 0.5) is 0 Å². The van der Waals surface area contributed by atoms with Gasteiger partial charge in [-0.3, -0.25) is 0 Å². The second-order valence-electron chi connectivity index (χ2n) is 4.96. The van der Waals surface area contributed by atoms with Crippen molar-refractivity contribution in [3.63, 3.8) is 0 Å². The van der Waals surface area contributed by atoms with Crippen LogP contribution in [0.1, 0.15) is 26.1 Å². The van der Waals surface area contributed by atoms with Gasteiger partial charge >= 0.3 is 0 Å². The summed E-state index contributed by atoms with van der Waals surface area (Å²) in [5, 5.41) is 0.242. The zero-order valence-electron chi connectivity index (χ0n) is 10.1. The third-order valence-corrected chi connectivity index (χ3v) is 4.58. The number of imidazole rings is 1. The van der Waals surface area contributed by atoms with Crippen LogP contribution in [0.3, 0.4) is 0 Å². The van der Waals surface area contributed by atoms with E-state index in [-0.39, 0.29) is 11.6 Å². The fourth-order valence-corrected chi connectivity index (χ4v) is 3.50. The van der Waals surface area contributed by atoms with Crippen molar-refractivity contribution >= 4 is 10.0 Å². The lowest BCUT2D eigenvalue weighted by Crippen LogP contribution is -2.49. The summed E-state index contributed by atoms with van der Waals surface area (Å²) >= 11 is 0. The van der Waals surface area contributed by atoms with E-state index in [1.165, 1.54) is 6.20 Å². The molecule has 3 N–H and O–H groups in total. The van der Waals surface area contributed by atoms with Gasteiger partial charge in [-0.05, 0) is 20.3 Å². The van der Waals surface area contributed by atoms with Crippen molar-refractivity contribution < 1.29 is 8.42 Å². The minimum Gasteiger partial charge on any atom is -0.329 e. The van der Waals surface area contributed by atoms with Gasteiger partial charge in [0.05, 0.1) is 6.20 Å². The zero-order chi connectivity index (χ0) is 12.7. The van der Waals surface area contributed by atoms with Crippen LogP contribution in [0.5, 0.6) is 0 Å². The Bertz CT molecular complexity index is 518. The van der Waals surface area contributed by atoms with Crippen molar-refractivity contribution in [1.82, 2.24) is 14.3 Å². The van der Waals surface area contributed by atoms with Crippen LogP contribution in [-0.2, 0) is 23.0 Å². The Morgan fingerprint density at radius 3 is 2.94 bits per heavy atom. The van der Waals surface area contributed by atoms with Crippen LogP contribution in [0.25, 0.3) is 0 Å². The van der Waals surface area contributed by atoms with E-state index < -0.39 is 15.6 Å². The Labute approximate surface area is 101 Å². The lowest BCUT2D eigenvalue weighted by molar-refractivity contribution is 0.458. The van der Waals surface area contributed by atoms with Gasteiger partial charge in [0.2, 0.25) is 0 Å². The Morgan fingerprint density at radius 1 is 1.59 bits per heavy atom. The zero-order valence-corrected chi connectivity index (χ0v) is 10.9. The number of hydrogen-bond donors (Lipinski definition) is 2. The summed E-state index contributed by atoms with van der Waals surface area (Å²) < 4.78 is 28.8. The van der Waals surface area contributed by atoms with Gasteiger partial charge in [0.1, 0.15) is 5.82 Å². The molecule has 2 rings (SSSR count). The predicted octanol–water partition coefficient (Wildman–Crippen LogP) is -0.155. The van der Waals surface area contributed by atoms with Gasteiger partial charge in [0.25, 0.3) is 10.0 Å². The Kier molecular flexibility index (Phi) is 3.01. The second-order valence-corrected chi connectivity index (χ2v) is 6.59. The molecule has 1 aliphatic heterocycles. The summed E-state index contributed by atoms with van der Waals surface area (Å²) in [4.78, 5) is 4.13. The van der Waals surface area contributed by atoms with Crippen LogP contribution < -0.4 is 10.5 Å². The first-order chi connectivity index (χ1) is 7.86. The fraction of sp³-hybridized carbons (Fsp3) is 0.700. The molecule has 2 heterocycles. The van der Waals surface area contributed by atoms with Gasteiger partial charge in [-0.25, -0.2) is 18.1 Å². The number of nitrogens with one attached hydrogen (secondary N) is 1. The first kappa shape index (κ1) is 12.5. The summed E-state index contributed by atoms with van der Waals surface area (Å²) in [5.41, 5.74) is 4.88. The smallest absolute Gasteiger partial charge is 0.258 e. The molecule has 0 saturated carbocycles. The van der Waals surface area contributed by atoms with Gasteiger partial charge in [-0.15, -0.1) is 0 Å². The molecular formula is C10H18N4O2S. The molecule has 0 fully saturated rings. The number of nitrogens with zero attached hydrogens (tertiary/aromatic N) is 2. The van der Waals surface area contributed by atoms with Gasteiger partial charge in [0, 0.05) is 25.0 Å². The molecule has 1 aliphatic rings. The maximum atomic E-state index is 12.2. The number of rotatable bonds is 4. The van der Waals surface area contributed by atoms with E-state index in [0.717, 1.165) is 18.7 Å². The summed E-state index contributed by atoms with van der Waals surface area (Å²) in [6.45, 7) is 4.47. The summed E-state index contributed by atoms with van der Waals surface area (Å²) in [6, 6.07) is 0. The number of aromatic nitrogens is 2. The monoisotopic (exact) mass is 258 g/mol. The summed E-state index contributed by atoms with van der Waals surface area (Å²) in [6.07, 6.45) is 3.21. The van der Waals surface area contributed by atoms with Crippen molar-refractivity contribution in [3.8, 4) is 0 Å². The Hall–Kier alpha value is -0.920. The molecule has 96 valence electrons. The average molecular weight is 258 g/mol. The average Bonchev–Trinajstić information content (AvgIpc) is 2.75. The minimum absolute atomic E-state index is 0.242. The van der Waals surface area contributed by atoms with Crippen molar-refractivity contribution in [2.75, 3.05) is 6.54 Å². The lowest BCUT2D eigenvalue weighted by Gasteiger charge is -2.23. The topological polar surface area (TPSA) is 90.0 Å². The standard InChI is InChI=1S/C10H18N4O2S/c1-10(2,7-11)13-17(15,16)9-6-12-8-4-3-5-14(8)9/h6,13H,3-5,7,11H2,1-2H3. The third-order valence-electron chi connectivity index (χ3n) is 2.88. The van der Waals surface area contributed by atoms with Crippen molar-refractivity contribution in [2.24, 2.45) is 5.73 Å². The van der Waals surface area contributed by atoms with E-state index in [4.69, 9.17) is 5.73 Å². The van der Waals surface area contributed by atoms with Crippen molar-refractivity contribution in [1.29, 1.82) is 0 Å². The molecule has 17 heavy (non-hydrogen) atoms. The highest BCUT2D eigenvalue weighted by Crippen LogP contribution is 2.20. The molecule has 0 spiro atoms. The lowest BCUT2D eigenvalue weighted by atomic mass is 10.1. The van der Waals surface area contributed by atoms with Crippen molar-refractivity contribution in [3.05, 3.63) is 12.0 Å². The minimum atomic E-state index is -3.54. The number of hydrogen-bond acceptors (Lipinski definition) is 4. The van der Waals surface area contributed by atoms with E-state index in [2.05, 4.69) is 9.71 Å². The molecule has 0 aromatic carbocycles. The molecule has 0 unspecified atom stereocenters. The molecular weight excluding hydrogens is 240 g/mol. The molecule has 0 saturated heterocycles. The molecule has 0 aliphatic carbocycles. The normalized spacial score (nSPS) is 16.2. The molecule has 0 bridgehead atoms. The molecule has 0 atom stereocenters. The van der Waals surface area contributed by atoms with Crippen LogP contribution in [0, 0.1) is 0 Å². The number of nitrogens with two attached hydrogens (primary N) is 1. The highest BCUT2D eigenvalue weighted by atomic mass is 32.2. The number of aryl methyl sites for hydroxylation is 1. The predicted molar refractivity (Wildman–Crippen MR) is 64.0 cm³/mol. The van der Waals surface area contributed by atoms with Gasteiger partial charge < -0.3 is 10.3 Å². The van der Waals surface area contributed by atoms with E-state index in [0.29, 0.717) is 6.54 Å². The third kappa shape index (κ3) is 2.36. The molecule has 1 aromatic rings. The first-order valence-electron chi connectivity index (χ1n) is 5.64. The van der Waals surface area contributed by atoms with Crippen molar-refractivity contribution in [2.45, 2.75) is 43.8 Å². The Balaban J connectivity index is 2.33. The van der Waals surface area contributed by atoms with E-state index in [9.17, 15) is 8.42 Å². The highest BCUT2D eigenvalue weighted by Gasteiger charge is 2.29. The summed E-state index contributed by atoms with van der Waals surface area (Å²) in [7, 11) is -3.54. The van der Waals surface area contributed by atoms with E-state index in [1.807, 2.05) is 0 Å². The number of fused-ring (bicyclic) bond motifs is 1. The SMILES string of the molecule is CC(C)(CN)NS(=O)(=O)c1cnc2n1CCC2. The van der Waals surface area contributed by atoms with Gasteiger partial charge in [-0.2, -0.15) is 0 Å². The fourth-order valence-electron chi connectivity index (χ4n) is 1.90. The molecule has 0 amide bonds. The Morgan fingerprint density at radius 2 is 2.29 bits per heavy atom. The maximum Gasteiger partial charge on any atom is 0.258 e. The molecule has 0 radical (unpaired) electrons. The molecule has 6 nitrogen and oxygen atoms in total. The quantitative estimate of drug-likeness (QED) is 0.785. The first-order valence-corrected chi connectivity index (χ1v) is 7.12. The summed E-state index contributed by atoms with van der Waals surface area (Å²) in [5.74, 6) is 0.843. The van der Waals surface area contributed by atoms with Crippen LogP contribution in [0.2, 0.25) is 0 Å². The maximum absolute atomic E-state index is 12.2. The second kappa shape index (κ2) is 4.08. The molecule has 1 aromatic heterocycles. The van der Waals surface area contributed by atoms with Gasteiger partial charge in [0.15, 0.2) is 5.03 Å². The van der Waals surface area contributed by atoms with E-state index >= 15 is 0 Å². The van der Waals surface area contributed by atoms with Crippen LogP contribution >= 0.6 is 0 Å². The van der Waals surface area contributed by atoms with Crippen LogP contribution in [0.15, 0.2) is 11.2 Å². The van der Waals surface area contributed by atoms with Gasteiger partial charge in [-0.1, -0.05) is 0 Å². The van der Waals surface area contributed by atoms with Crippen LogP contribution in [-0.4, -0.2) is 30.1 Å². The largest absolute Gasteiger partial charge is 0.329 e. The van der Waals surface area contributed by atoms with E-state index in [1.54, 1.807) is 18.4 Å². The highest BCUT2D eigenvalue weighted by molar-refractivity contribution is 7.89. The molecule has 7 heteroatoms. The number of sulfonamides is 1.